The van der Waals surface area contributed by atoms with Crippen molar-refractivity contribution in [3.05, 3.63) is 12.3 Å². The monoisotopic (exact) mass is 139 g/mol. The lowest BCUT2D eigenvalue weighted by Crippen LogP contribution is -1.79. The van der Waals surface area contributed by atoms with Gasteiger partial charge in [-0.25, -0.2) is 0 Å². The minimum atomic E-state index is 0.231. The second-order valence-electron chi connectivity index (χ2n) is 1.77. The summed E-state index contributed by atoms with van der Waals surface area (Å²) in [6.07, 6.45) is 1.75. The second kappa shape index (κ2) is 1.76. The number of ether oxygens (including phenoxy) is 1. The van der Waals surface area contributed by atoms with Crippen molar-refractivity contribution in [3.8, 4) is 6.08 Å². The van der Waals surface area contributed by atoms with Gasteiger partial charge in [-0.3, -0.25) is 0 Å². The molecule has 0 bridgehead atoms. The summed E-state index contributed by atoms with van der Waals surface area (Å²) >= 11 is 0. The third-order valence-electron chi connectivity index (χ3n) is 1.17. The summed E-state index contributed by atoms with van der Waals surface area (Å²) in [7, 11) is 1.49. The fourth-order valence-corrected chi connectivity index (χ4v) is 0.736. The maximum atomic E-state index is 5.03. The van der Waals surface area contributed by atoms with Crippen LogP contribution in [0, 0.1) is 0 Å². The summed E-state index contributed by atoms with van der Waals surface area (Å²) in [4.78, 5) is 3.84. The first kappa shape index (κ1) is 5.34. The molecule has 0 aliphatic rings. The quantitative estimate of drug-likeness (QED) is 0.599. The van der Waals surface area contributed by atoms with Gasteiger partial charge >= 0.3 is 6.08 Å². The van der Waals surface area contributed by atoms with Crippen molar-refractivity contribution in [1.82, 2.24) is 4.98 Å². The Labute approximate surface area is 56.4 Å². The van der Waals surface area contributed by atoms with Gasteiger partial charge in [0, 0.05) is 6.07 Å². The van der Waals surface area contributed by atoms with Crippen molar-refractivity contribution < 1.29 is 13.6 Å². The maximum Gasteiger partial charge on any atom is 0.397 e. The molecule has 4 nitrogen and oxygen atoms in total. The van der Waals surface area contributed by atoms with Crippen molar-refractivity contribution >= 4 is 11.3 Å². The smallest absolute Gasteiger partial charge is 0.397 e. The Morgan fingerprint density at radius 1 is 1.60 bits per heavy atom. The van der Waals surface area contributed by atoms with Crippen LogP contribution < -0.4 is 4.74 Å². The lowest BCUT2D eigenvalue weighted by Gasteiger charge is -1.84. The molecule has 4 heteroatoms. The van der Waals surface area contributed by atoms with E-state index in [1.165, 1.54) is 13.4 Å². The van der Waals surface area contributed by atoms with Crippen molar-refractivity contribution in [1.29, 1.82) is 0 Å². The fraction of sp³-hybridized carbons (Fsp3) is 0.167. The van der Waals surface area contributed by atoms with E-state index in [2.05, 4.69) is 4.98 Å². The third kappa shape index (κ3) is 0.586. The zero-order valence-corrected chi connectivity index (χ0v) is 5.33. The first-order chi connectivity index (χ1) is 4.90. The number of aromatic nitrogens is 1. The predicted octanol–water partition coefficient (Wildman–Crippen LogP) is 1.43. The number of oxazole rings is 1. The van der Waals surface area contributed by atoms with Gasteiger partial charge in [-0.2, -0.15) is 0 Å². The van der Waals surface area contributed by atoms with Crippen LogP contribution in [0.3, 0.4) is 0 Å². The molecule has 0 N–H and O–H groups in total. The van der Waals surface area contributed by atoms with E-state index in [0.29, 0.717) is 11.3 Å². The molecule has 2 aromatic heterocycles. The highest BCUT2D eigenvalue weighted by molar-refractivity contribution is 5.65. The van der Waals surface area contributed by atoms with Gasteiger partial charge in [0.25, 0.3) is 5.71 Å². The van der Waals surface area contributed by atoms with Gasteiger partial charge in [0.2, 0.25) is 0 Å². The number of methoxy groups -OCH3 is 1. The van der Waals surface area contributed by atoms with Crippen molar-refractivity contribution in [2.75, 3.05) is 7.11 Å². The molecule has 0 amide bonds. The summed E-state index contributed by atoms with van der Waals surface area (Å²) in [5.41, 5.74) is 1.08. The summed E-state index contributed by atoms with van der Waals surface area (Å²) in [6, 6.07) is 1.69. The van der Waals surface area contributed by atoms with E-state index >= 15 is 0 Å². The van der Waals surface area contributed by atoms with Crippen LogP contribution in [0.4, 0.5) is 0 Å². The topological polar surface area (TPSA) is 48.4 Å². The average Bonchev–Trinajstić information content (AvgIpc) is 2.42. The molecule has 0 unspecified atom stereocenters. The van der Waals surface area contributed by atoms with Crippen LogP contribution in [0.5, 0.6) is 6.08 Å². The number of hydrogen-bond donors (Lipinski definition) is 0. The molecule has 10 heavy (non-hydrogen) atoms. The Hall–Kier alpha value is -1.45. The summed E-state index contributed by atoms with van der Waals surface area (Å²) < 4.78 is 14.7. The maximum absolute atomic E-state index is 5.03. The molecule has 52 valence electrons. The summed E-state index contributed by atoms with van der Waals surface area (Å²) in [6.45, 7) is 0. The largest absolute Gasteiger partial charge is 0.453 e. The predicted molar refractivity (Wildman–Crippen MR) is 32.8 cm³/mol. The number of nitrogens with zero attached hydrogens (tertiary/aromatic N) is 1. The molecule has 0 radical (unpaired) electrons. The van der Waals surface area contributed by atoms with Gasteiger partial charge in [-0.15, -0.1) is 4.98 Å². The third-order valence-corrected chi connectivity index (χ3v) is 1.17. The van der Waals surface area contributed by atoms with E-state index in [1.807, 2.05) is 0 Å². The van der Waals surface area contributed by atoms with E-state index in [0.717, 1.165) is 0 Å². The highest BCUT2D eigenvalue weighted by Crippen LogP contribution is 2.19. The van der Waals surface area contributed by atoms with Crippen LogP contribution in [-0.4, -0.2) is 12.1 Å². The number of fused-ring (bicyclic) bond motifs is 1. The Morgan fingerprint density at radius 2 is 2.50 bits per heavy atom. The molecular formula is C6H5NO3. The van der Waals surface area contributed by atoms with E-state index in [-0.39, 0.29) is 6.08 Å². The molecule has 0 spiro atoms. The van der Waals surface area contributed by atoms with E-state index in [1.54, 1.807) is 6.07 Å². The molecule has 0 aromatic carbocycles. The Bertz CT molecular complexity index is 307. The highest BCUT2D eigenvalue weighted by atomic mass is 16.6. The van der Waals surface area contributed by atoms with Gasteiger partial charge in [0.1, 0.15) is 0 Å². The average molecular weight is 139 g/mol. The van der Waals surface area contributed by atoms with Gasteiger partial charge in [0.15, 0.2) is 5.58 Å². The van der Waals surface area contributed by atoms with Gasteiger partial charge in [-0.05, 0) is 0 Å². The molecule has 2 aromatic rings. The van der Waals surface area contributed by atoms with Gasteiger partial charge < -0.3 is 13.6 Å². The SMILES string of the molecule is COc1nc2occc2o1. The Morgan fingerprint density at radius 3 is 3.20 bits per heavy atom. The minimum Gasteiger partial charge on any atom is -0.453 e. The zero-order chi connectivity index (χ0) is 6.97. The molecular weight excluding hydrogens is 134 g/mol. The van der Waals surface area contributed by atoms with Gasteiger partial charge in [0.05, 0.1) is 13.4 Å². The van der Waals surface area contributed by atoms with Crippen molar-refractivity contribution in [3.63, 3.8) is 0 Å². The Balaban J connectivity index is 2.67. The van der Waals surface area contributed by atoms with Crippen LogP contribution >= 0.6 is 0 Å². The lowest BCUT2D eigenvalue weighted by atomic mass is 10.6. The highest BCUT2D eigenvalue weighted by Gasteiger charge is 2.06. The molecule has 0 saturated carbocycles. The van der Waals surface area contributed by atoms with Crippen LogP contribution in [0.15, 0.2) is 21.2 Å². The number of furan rings is 1. The van der Waals surface area contributed by atoms with E-state index in [9.17, 15) is 0 Å². The summed E-state index contributed by atoms with van der Waals surface area (Å²) in [5.74, 6) is 0. The van der Waals surface area contributed by atoms with E-state index in [4.69, 9.17) is 13.6 Å². The van der Waals surface area contributed by atoms with E-state index < -0.39 is 0 Å². The van der Waals surface area contributed by atoms with Crippen molar-refractivity contribution in [2.24, 2.45) is 0 Å². The minimum absolute atomic E-state index is 0.231. The molecule has 0 saturated heterocycles. The molecule has 2 rings (SSSR count). The Kier molecular flexibility index (Phi) is 0.943. The first-order valence-electron chi connectivity index (χ1n) is 2.78. The van der Waals surface area contributed by atoms with Crippen LogP contribution in [0.2, 0.25) is 0 Å². The lowest BCUT2D eigenvalue weighted by molar-refractivity contribution is 0.299. The number of rotatable bonds is 1. The van der Waals surface area contributed by atoms with Gasteiger partial charge in [-0.1, -0.05) is 0 Å². The molecule has 0 atom stereocenters. The molecule has 0 aliphatic heterocycles. The number of hydrogen-bond acceptors (Lipinski definition) is 4. The van der Waals surface area contributed by atoms with Crippen molar-refractivity contribution in [2.45, 2.75) is 0 Å². The van der Waals surface area contributed by atoms with Crippen LogP contribution in [0.1, 0.15) is 0 Å². The molecule has 0 fully saturated rings. The molecule has 0 aliphatic carbocycles. The molecule has 2 heterocycles. The first-order valence-corrected chi connectivity index (χ1v) is 2.78. The summed E-state index contributed by atoms with van der Waals surface area (Å²) in [5, 5.41) is 0. The normalized spacial score (nSPS) is 10.5. The fourth-order valence-electron chi connectivity index (χ4n) is 0.736. The standard InChI is InChI=1S/C6H5NO3/c1-8-6-7-5-4(10-6)2-3-9-5/h2-3H,1H3. The van der Waals surface area contributed by atoms with Crippen LogP contribution in [-0.2, 0) is 0 Å². The second-order valence-corrected chi connectivity index (χ2v) is 1.77. The zero-order valence-electron chi connectivity index (χ0n) is 5.33. The van der Waals surface area contributed by atoms with Crippen LogP contribution in [0.25, 0.3) is 11.3 Å².